The average molecular weight is 467 g/mol. The quantitative estimate of drug-likeness (QED) is 0.517. The molecule has 3 aromatic rings. The van der Waals surface area contributed by atoms with Crippen molar-refractivity contribution >= 4 is 40.3 Å². The van der Waals surface area contributed by atoms with Crippen LogP contribution in [0.4, 0.5) is 5.69 Å². The molecule has 2 atom stereocenters. The van der Waals surface area contributed by atoms with Gasteiger partial charge in [0, 0.05) is 12.1 Å². The van der Waals surface area contributed by atoms with Crippen LogP contribution in [0.2, 0.25) is 0 Å². The summed E-state index contributed by atoms with van der Waals surface area (Å²) in [5.41, 5.74) is 2.34. The maximum absolute atomic E-state index is 13.3. The van der Waals surface area contributed by atoms with Crippen molar-refractivity contribution in [1.29, 1.82) is 0 Å². The Kier molecular flexibility index (Phi) is 7.23. The van der Waals surface area contributed by atoms with Crippen LogP contribution in [0.1, 0.15) is 33.1 Å². The van der Waals surface area contributed by atoms with Gasteiger partial charge in [-0.1, -0.05) is 36.0 Å². The Morgan fingerprint density at radius 1 is 1.09 bits per heavy atom. The highest BCUT2D eigenvalue weighted by Gasteiger charge is 2.29. The van der Waals surface area contributed by atoms with E-state index >= 15 is 0 Å². The number of piperidine rings is 1. The molecule has 2 heterocycles. The van der Waals surface area contributed by atoms with E-state index in [1.165, 1.54) is 11.8 Å². The summed E-state index contributed by atoms with van der Waals surface area (Å²) in [6, 6.07) is 15.5. The van der Waals surface area contributed by atoms with E-state index in [2.05, 4.69) is 19.2 Å². The summed E-state index contributed by atoms with van der Waals surface area (Å²) < 4.78 is 7.24. The third-order valence-electron chi connectivity index (χ3n) is 6.11. The maximum atomic E-state index is 13.3. The molecule has 0 saturated carbocycles. The molecule has 0 radical (unpaired) electrons. The second-order valence-corrected chi connectivity index (χ2v) is 9.38. The Bertz CT molecular complexity index is 1140. The first-order valence-electron chi connectivity index (χ1n) is 11.3. The van der Waals surface area contributed by atoms with Crippen molar-refractivity contribution in [3.05, 3.63) is 48.5 Å². The number of rotatable bonds is 7. The molecule has 1 fully saturated rings. The molecule has 8 heteroatoms. The van der Waals surface area contributed by atoms with E-state index in [1.807, 2.05) is 45.9 Å². The molecule has 1 N–H and O–H groups in total. The van der Waals surface area contributed by atoms with E-state index in [4.69, 9.17) is 9.72 Å². The molecule has 1 saturated heterocycles. The summed E-state index contributed by atoms with van der Waals surface area (Å²) in [7, 11) is 1.57. The largest absolute Gasteiger partial charge is 0.495 e. The van der Waals surface area contributed by atoms with Gasteiger partial charge in [-0.2, -0.15) is 0 Å². The van der Waals surface area contributed by atoms with Crippen molar-refractivity contribution in [2.75, 3.05) is 18.2 Å². The van der Waals surface area contributed by atoms with Gasteiger partial charge in [-0.15, -0.1) is 0 Å². The van der Waals surface area contributed by atoms with E-state index in [-0.39, 0.29) is 36.2 Å². The van der Waals surface area contributed by atoms with Gasteiger partial charge in [0.15, 0.2) is 5.16 Å². The molecule has 174 valence electrons. The van der Waals surface area contributed by atoms with Crippen LogP contribution < -0.4 is 10.1 Å². The number of anilines is 1. The molecule has 7 nitrogen and oxygen atoms in total. The van der Waals surface area contributed by atoms with E-state index in [0.29, 0.717) is 16.6 Å². The second kappa shape index (κ2) is 10.3. The van der Waals surface area contributed by atoms with E-state index in [1.54, 1.807) is 19.2 Å². The number of para-hydroxylation sites is 4. The number of nitrogens with zero attached hydrogens (tertiary/aromatic N) is 3. The fourth-order valence-electron chi connectivity index (χ4n) is 4.51. The van der Waals surface area contributed by atoms with Crippen molar-refractivity contribution in [2.45, 2.75) is 56.9 Å². The molecule has 0 unspecified atom stereocenters. The summed E-state index contributed by atoms with van der Waals surface area (Å²) >= 11 is 1.33. The summed E-state index contributed by atoms with van der Waals surface area (Å²) in [5, 5.41) is 3.56. The van der Waals surface area contributed by atoms with Crippen molar-refractivity contribution in [3.63, 3.8) is 0 Å². The predicted octanol–water partition coefficient (Wildman–Crippen LogP) is 4.57. The number of carbonyl (C=O) groups is 2. The number of carbonyl (C=O) groups excluding carboxylic acids is 2. The monoisotopic (exact) mass is 466 g/mol. The van der Waals surface area contributed by atoms with Crippen LogP contribution in [0, 0.1) is 0 Å². The minimum atomic E-state index is -0.160. The SMILES string of the molecule is COc1ccccc1NC(=O)CSc1nc2ccccc2n1CC(=O)N1[C@H](C)CCC[C@@H]1C. The normalized spacial score (nSPS) is 18.3. The van der Waals surface area contributed by atoms with Gasteiger partial charge in [0.1, 0.15) is 12.3 Å². The number of nitrogens with one attached hydrogen (secondary N) is 1. The molecular weight excluding hydrogens is 436 g/mol. The number of imidazole rings is 1. The zero-order chi connectivity index (χ0) is 23.4. The van der Waals surface area contributed by atoms with Crippen molar-refractivity contribution < 1.29 is 14.3 Å². The highest BCUT2D eigenvalue weighted by molar-refractivity contribution is 7.99. The minimum Gasteiger partial charge on any atom is -0.495 e. The molecule has 0 spiro atoms. The number of methoxy groups -OCH3 is 1. The lowest BCUT2D eigenvalue weighted by Crippen LogP contribution is -2.48. The van der Waals surface area contributed by atoms with Gasteiger partial charge in [0.25, 0.3) is 0 Å². The van der Waals surface area contributed by atoms with Crippen LogP contribution in [-0.4, -0.2) is 51.2 Å². The highest BCUT2D eigenvalue weighted by atomic mass is 32.2. The smallest absolute Gasteiger partial charge is 0.243 e. The third kappa shape index (κ3) is 5.16. The lowest BCUT2D eigenvalue weighted by Gasteiger charge is -2.39. The molecular formula is C25H30N4O3S. The van der Waals surface area contributed by atoms with Gasteiger partial charge in [-0.25, -0.2) is 4.98 Å². The van der Waals surface area contributed by atoms with Crippen LogP contribution in [0.25, 0.3) is 11.0 Å². The van der Waals surface area contributed by atoms with Crippen LogP contribution in [0.3, 0.4) is 0 Å². The molecule has 1 aliphatic rings. The van der Waals surface area contributed by atoms with Gasteiger partial charge in [0.05, 0.1) is 29.6 Å². The van der Waals surface area contributed by atoms with Crippen LogP contribution in [-0.2, 0) is 16.1 Å². The first-order valence-corrected chi connectivity index (χ1v) is 12.3. The number of amides is 2. The lowest BCUT2D eigenvalue weighted by atomic mass is 9.97. The lowest BCUT2D eigenvalue weighted by molar-refractivity contribution is -0.138. The van der Waals surface area contributed by atoms with Crippen LogP contribution >= 0.6 is 11.8 Å². The van der Waals surface area contributed by atoms with Gasteiger partial charge < -0.3 is 19.5 Å². The summed E-state index contributed by atoms with van der Waals surface area (Å²) in [4.78, 5) is 32.7. The van der Waals surface area contributed by atoms with E-state index < -0.39 is 0 Å². The van der Waals surface area contributed by atoms with Gasteiger partial charge in [-0.3, -0.25) is 9.59 Å². The van der Waals surface area contributed by atoms with E-state index in [9.17, 15) is 9.59 Å². The van der Waals surface area contributed by atoms with Crippen molar-refractivity contribution in [2.24, 2.45) is 0 Å². The fourth-order valence-corrected chi connectivity index (χ4v) is 5.32. The number of ether oxygens (including phenoxy) is 1. The van der Waals surface area contributed by atoms with Gasteiger partial charge in [0.2, 0.25) is 11.8 Å². The first-order chi connectivity index (χ1) is 16.0. The molecule has 2 amide bonds. The molecule has 1 aliphatic heterocycles. The number of hydrogen-bond donors (Lipinski definition) is 1. The molecule has 33 heavy (non-hydrogen) atoms. The van der Waals surface area contributed by atoms with Crippen molar-refractivity contribution in [1.82, 2.24) is 14.5 Å². The predicted molar refractivity (Wildman–Crippen MR) is 132 cm³/mol. The second-order valence-electron chi connectivity index (χ2n) is 8.44. The fraction of sp³-hybridized carbons (Fsp3) is 0.400. The Morgan fingerprint density at radius 2 is 1.79 bits per heavy atom. The molecule has 0 aliphatic carbocycles. The number of hydrogen-bond acceptors (Lipinski definition) is 5. The number of likely N-dealkylation sites (tertiary alicyclic amines) is 1. The third-order valence-corrected chi connectivity index (χ3v) is 7.08. The summed E-state index contributed by atoms with van der Waals surface area (Å²) in [5.74, 6) is 0.718. The maximum Gasteiger partial charge on any atom is 0.243 e. The minimum absolute atomic E-state index is 0.0955. The number of fused-ring (bicyclic) bond motifs is 1. The Balaban J connectivity index is 1.51. The number of aromatic nitrogens is 2. The zero-order valence-corrected chi connectivity index (χ0v) is 20.1. The standard InChI is InChI=1S/C25H30N4O3S/c1-17-9-8-10-18(2)29(17)24(31)15-28-21-13-6-4-11-19(21)27-25(28)33-16-23(30)26-20-12-5-7-14-22(20)32-3/h4-7,11-14,17-18H,8-10,15-16H2,1-3H3,(H,26,30)/t17-,18+. The van der Waals surface area contributed by atoms with Crippen LogP contribution in [0.5, 0.6) is 5.75 Å². The van der Waals surface area contributed by atoms with Crippen LogP contribution in [0.15, 0.2) is 53.7 Å². The zero-order valence-electron chi connectivity index (χ0n) is 19.3. The van der Waals surface area contributed by atoms with Gasteiger partial charge in [-0.05, 0) is 57.4 Å². The Hall–Kier alpha value is -3.00. The van der Waals surface area contributed by atoms with Gasteiger partial charge >= 0.3 is 0 Å². The summed E-state index contributed by atoms with van der Waals surface area (Å²) in [6.45, 7) is 4.46. The molecule has 4 rings (SSSR count). The average Bonchev–Trinajstić information content (AvgIpc) is 3.15. The summed E-state index contributed by atoms with van der Waals surface area (Å²) in [6.07, 6.45) is 3.22. The number of thioether (sulfide) groups is 1. The highest BCUT2D eigenvalue weighted by Crippen LogP contribution is 2.28. The molecule has 0 bridgehead atoms. The molecule has 1 aromatic heterocycles. The Labute approximate surface area is 198 Å². The first kappa shape index (κ1) is 23.2. The topological polar surface area (TPSA) is 76.5 Å². The molecule has 2 aromatic carbocycles. The Morgan fingerprint density at radius 3 is 2.55 bits per heavy atom. The van der Waals surface area contributed by atoms with Crippen molar-refractivity contribution in [3.8, 4) is 5.75 Å². The van der Waals surface area contributed by atoms with E-state index in [0.717, 1.165) is 30.3 Å². The number of benzene rings is 2.